The van der Waals surface area contributed by atoms with Crippen LogP contribution in [-0.4, -0.2) is 53.2 Å². The van der Waals surface area contributed by atoms with Crippen molar-refractivity contribution in [2.45, 2.75) is 23.2 Å². The number of rotatable bonds is 7. The predicted octanol–water partition coefficient (Wildman–Crippen LogP) is 2.68. The lowest BCUT2D eigenvalue weighted by molar-refractivity contribution is -0.152. The van der Waals surface area contributed by atoms with Crippen molar-refractivity contribution in [3.63, 3.8) is 0 Å². The molecule has 7 nitrogen and oxygen atoms in total. The van der Waals surface area contributed by atoms with E-state index in [0.29, 0.717) is 30.2 Å². The molecule has 0 radical (unpaired) electrons. The summed E-state index contributed by atoms with van der Waals surface area (Å²) in [6.07, 6.45) is 1.88. The third-order valence-electron chi connectivity index (χ3n) is 7.11. The topological polar surface area (TPSA) is 104 Å². The van der Waals surface area contributed by atoms with Crippen molar-refractivity contribution >= 4 is 15.9 Å². The number of methoxy groups -OCH3 is 1. The first kappa shape index (κ1) is 23.3. The van der Waals surface area contributed by atoms with E-state index in [4.69, 9.17) is 9.47 Å². The van der Waals surface area contributed by atoms with Gasteiger partial charge < -0.3 is 30.1 Å². The zero-order valence-electron chi connectivity index (χ0n) is 18.7. The van der Waals surface area contributed by atoms with Crippen LogP contribution in [0.25, 0.3) is 0 Å². The van der Waals surface area contributed by atoms with Gasteiger partial charge in [0.15, 0.2) is 11.2 Å². The number of nitrogens with one attached hydrogen (secondary N) is 1. The minimum atomic E-state index is -1.82. The molecule has 1 saturated carbocycles. The van der Waals surface area contributed by atoms with Crippen molar-refractivity contribution in [1.29, 1.82) is 0 Å². The largest absolute Gasteiger partial charge is 0.495 e. The molecule has 2 heterocycles. The molecule has 178 valence electrons. The van der Waals surface area contributed by atoms with Gasteiger partial charge >= 0.3 is 0 Å². The first-order chi connectivity index (χ1) is 16.5. The Bertz CT molecular complexity index is 1160. The maximum atomic E-state index is 12.6. The zero-order valence-corrected chi connectivity index (χ0v) is 20.3. The summed E-state index contributed by atoms with van der Waals surface area (Å²) < 4.78 is 13.2. The fourth-order valence-corrected chi connectivity index (χ4v) is 6.07. The van der Waals surface area contributed by atoms with Crippen LogP contribution in [0.5, 0.6) is 11.5 Å². The average molecular weight is 527 g/mol. The van der Waals surface area contributed by atoms with E-state index in [-0.39, 0.29) is 6.61 Å². The zero-order chi connectivity index (χ0) is 23.9. The summed E-state index contributed by atoms with van der Waals surface area (Å²) in [6, 6.07) is 17.4. The molecule has 5 atom stereocenters. The summed E-state index contributed by atoms with van der Waals surface area (Å²) in [4.78, 5) is 4.24. The second-order valence-corrected chi connectivity index (χ2v) is 9.67. The number of aliphatic hydroxyl groups is 3. The van der Waals surface area contributed by atoms with Crippen molar-refractivity contribution in [2.75, 3.05) is 26.8 Å². The Balaban J connectivity index is 1.80. The molecule has 8 heteroatoms. The summed E-state index contributed by atoms with van der Waals surface area (Å²) in [6.45, 7) is 0.715. The van der Waals surface area contributed by atoms with Crippen LogP contribution in [0.1, 0.15) is 22.6 Å². The van der Waals surface area contributed by atoms with Gasteiger partial charge in [0.2, 0.25) is 0 Å². The van der Waals surface area contributed by atoms with Crippen LogP contribution in [-0.2, 0) is 11.2 Å². The summed E-state index contributed by atoms with van der Waals surface area (Å²) in [7, 11) is 1.51. The van der Waals surface area contributed by atoms with Gasteiger partial charge in [0.25, 0.3) is 0 Å². The molecule has 2 aliphatic rings. The maximum Gasteiger partial charge on any atom is 0.177 e. The number of fused-ring (bicyclic) bond motifs is 3. The van der Waals surface area contributed by atoms with Crippen LogP contribution in [0.4, 0.5) is 0 Å². The summed E-state index contributed by atoms with van der Waals surface area (Å²) >= 11 is 3.50. The molecule has 4 N–H and O–H groups in total. The summed E-state index contributed by atoms with van der Waals surface area (Å²) in [5.74, 6) is -0.132. The smallest absolute Gasteiger partial charge is 0.177 e. The van der Waals surface area contributed by atoms with Crippen LogP contribution in [0.2, 0.25) is 0 Å². The lowest BCUT2D eigenvalue weighted by Gasteiger charge is -2.41. The molecule has 5 unspecified atom stereocenters. The van der Waals surface area contributed by atoms with E-state index in [1.165, 1.54) is 13.3 Å². The van der Waals surface area contributed by atoms with Crippen molar-refractivity contribution in [2.24, 2.45) is 5.92 Å². The molecule has 0 amide bonds. The third kappa shape index (κ3) is 3.21. The Morgan fingerprint density at radius 3 is 2.53 bits per heavy atom. The Kier molecular flexibility index (Phi) is 6.12. The van der Waals surface area contributed by atoms with Crippen LogP contribution in [0.3, 0.4) is 0 Å². The van der Waals surface area contributed by atoms with Gasteiger partial charge in [0.1, 0.15) is 11.5 Å². The molecule has 3 aromatic rings. The van der Waals surface area contributed by atoms with E-state index in [9.17, 15) is 15.3 Å². The van der Waals surface area contributed by atoms with Crippen molar-refractivity contribution in [3.05, 3.63) is 88.2 Å². The second kappa shape index (κ2) is 8.94. The Morgan fingerprint density at radius 2 is 1.85 bits per heavy atom. The molecule has 0 saturated heterocycles. The highest BCUT2D eigenvalue weighted by atomic mass is 79.9. The van der Waals surface area contributed by atoms with E-state index in [1.54, 1.807) is 6.20 Å². The second-order valence-electron chi connectivity index (χ2n) is 8.75. The van der Waals surface area contributed by atoms with Gasteiger partial charge in [-0.1, -0.05) is 58.4 Å². The number of pyridine rings is 1. The van der Waals surface area contributed by atoms with Gasteiger partial charge in [0.05, 0.1) is 37.8 Å². The van der Waals surface area contributed by atoms with Crippen molar-refractivity contribution in [3.8, 4) is 11.5 Å². The number of halogens is 1. The number of benzene rings is 2. The Labute approximate surface area is 206 Å². The third-order valence-corrected chi connectivity index (χ3v) is 7.64. The standard InChI is InChI=1S/C26H27BrN2O5/c1-33-20-14-29-15-21-23(20)25(32)24(31)19(13-28-11-12-30)22(16-5-3-2-4-6-16)26(25,34-21)17-7-9-18(27)10-8-17/h2-10,14-15,19,22,24,28,30-32H,11-13H2,1H3. The predicted molar refractivity (Wildman–Crippen MR) is 130 cm³/mol. The van der Waals surface area contributed by atoms with Crippen molar-refractivity contribution < 1.29 is 24.8 Å². The van der Waals surface area contributed by atoms with Crippen LogP contribution < -0.4 is 14.8 Å². The SMILES string of the molecule is COc1cncc2c1C1(O)C(O)C(CNCCO)C(c3ccccc3)C1(c1ccc(Br)cc1)O2. The molecule has 2 aromatic carbocycles. The highest BCUT2D eigenvalue weighted by Gasteiger charge is 2.76. The molecule has 1 aromatic heterocycles. The first-order valence-electron chi connectivity index (χ1n) is 11.2. The van der Waals surface area contributed by atoms with Crippen molar-refractivity contribution in [1.82, 2.24) is 10.3 Å². The van der Waals surface area contributed by atoms with Gasteiger partial charge in [-0.25, -0.2) is 0 Å². The Hall–Kier alpha value is -2.49. The number of nitrogens with zero attached hydrogens (tertiary/aromatic N) is 1. The normalized spacial score (nSPS) is 29.4. The van der Waals surface area contributed by atoms with Crippen LogP contribution in [0, 0.1) is 5.92 Å². The van der Waals surface area contributed by atoms with E-state index in [2.05, 4.69) is 26.2 Å². The molecule has 5 rings (SSSR count). The maximum absolute atomic E-state index is 12.6. The fraction of sp³-hybridized carbons (Fsp3) is 0.346. The molecule has 1 aliphatic heterocycles. The lowest BCUT2D eigenvalue weighted by Crippen LogP contribution is -2.52. The average Bonchev–Trinajstić information content (AvgIpc) is 3.23. The first-order valence-corrected chi connectivity index (χ1v) is 12.0. The molecular weight excluding hydrogens is 500 g/mol. The number of aliphatic hydroxyl groups excluding tert-OH is 2. The Morgan fingerprint density at radius 1 is 1.12 bits per heavy atom. The fourth-order valence-electron chi connectivity index (χ4n) is 5.81. The van der Waals surface area contributed by atoms with E-state index in [1.807, 2.05) is 54.6 Å². The van der Waals surface area contributed by atoms with Gasteiger partial charge in [-0.2, -0.15) is 0 Å². The van der Waals surface area contributed by atoms with Gasteiger partial charge in [-0.3, -0.25) is 4.98 Å². The van der Waals surface area contributed by atoms with E-state index < -0.39 is 29.1 Å². The van der Waals surface area contributed by atoms with Crippen LogP contribution in [0.15, 0.2) is 71.5 Å². The molecule has 1 fully saturated rings. The molecule has 0 spiro atoms. The van der Waals surface area contributed by atoms with E-state index in [0.717, 1.165) is 15.6 Å². The lowest BCUT2D eigenvalue weighted by atomic mass is 9.70. The molecular formula is C26H27BrN2O5. The number of ether oxygens (including phenoxy) is 2. The van der Waals surface area contributed by atoms with Gasteiger partial charge in [-0.15, -0.1) is 0 Å². The number of hydrogen-bond donors (Lipinski definition) is 4. The number of aromatic nitrogens is 1. The van der Waals surface area contributed by atoms with Crippen LogP contribution >= 0.6 is 15.9 Å². The summed E-state index contributed by atoms with van der Waals surface area (Å²) in [5, 5.41) is 37.0. The monoisotopic (exact) mass is 526 g/mol. The molecule has 34 heavy (non-hydrogen) atoms. The molecule has 0 bridgehead atoms. The highest BCUT2D eigenvalue weighted by molar-refractivity contribution is 9.10. The van der Waals surface area contributed by atoms with Gasteiger partial charge in [0, 0.05) is 29.4 Å². The quantitative estimate of drug-likeness (QED) is 0.351. The minimum Gasteiger partial charge on any atom is -0.495 e. The minimum absolute atomic E-state index is 0.0280. The number of hydrogen-bond acceptors (Lipinski definition) is 7. The highest BCUT2D eigenvalue weighted by Crippen LogP contribution is 2.69. The van der Waals surface area contributed by atoms with Gasteiger partial charge in [-0.05, 0) is 23.3 Å². The van der Waals surface area contributed by atoms with E-state index >= 15 is 0 Å². The molecule has 1 aliphatic carbocycles. The summed E-state index contributed by atoms with van der Waals surface area (Å²) in [5.41, 5.74) is -1.12.